The van der Waals surface area contributed by atoms with Gasteiger partial charge in [-0.3, -0.25) is 4.79 Å². The molecule has 0 atom stereocenters. The number of rotatable bonds is 4. The van der Waals surface area contributed by atoms with Crippen molar-refractivity contribution in [3.05, 3.63) is 53.6 Å². The zero-order chi connectivity index (χ0) is 19.8. The molecule has 0 saturated heterocycles. The minimum absolute atomic E-state index is 0.0433. The van der Waals surface area contributed by atoms with Gasteiger partial charge in [-0.05, 0) is 57.0 Å². The first kappa shape index (κ1) is 19.4. The number of hydrogen-bond donors (Lipinski definition) is 1. The van der Waals surface area contributed by atoms with E-state index in [0.29, 0.717) is 12.1 Å². The summed E-state index contributed by atoms with van der Waals surface area (Å²) < 4.78 is 33.4. The van der Waals surface area contributed by atoms with Crippen LogP contribution in [0.4, 0.5) is 5.69 Å². The van der Waals surface area contributed by atoms with Crippen LogP contribution in [-0.4, -0.2) is 33.5 Å². The zero-order valence-electron chi connectivity index (χ0n) is 15.9. The number of anilines is 1. The van der Waals surface area contributed by atoms with Crippen LogP contribution < -0.4 is 14.4 Å². The molecule has 0 bridgehead atoms. The Kier molecular flexibility index (Phi) is 5.01. The molecule has 2 aromatic rings. The summed E-state index contributed by atoms with van der Waals surface area (Å²) in [6.45, 7) is 5.85. The number of benzene rings is 2. The molecule has 1 heterocycles. The Morgan fingerprint density at radius 1 is 1.15 bits per heavy atom. The van der Waals surface area contributed by atoms with Crippen LogP contribution in [0, 0.1) is 0 Å². The van der Waals surface area contributed by atoms with Gasteiger partial charge in [-0.15, -0.1) is 0 Å². The molecule has 0 radical (unpaired) electrons. The normalized spacial score (nSPS) is 14.1. The standard InChI is InChI=1S/C20H24N2O4S/c1-20(2,3)21-27(24,25)18-13-15(9-10-17(18)26-4)19(23)22-12-11-14-7-5-6-8-16(14)22/h5-10,13,21H,11-12H2,1-4H3. The fourth-order valence-electron chi connectivity index (χ4n) is 3.18. The molecule has 27 heavy (non-hydrogen) atoms. The van der Waals surface area contributed by atoms with Gasteiger partial charge in [0.15, 0.2) is 0 Å². The fourth-order valence-corrected chi connectivity index (χ4v) is 4.80. The highest BCUT2D eigenvalue weighted by molar-refractivity contribution is 7.89. The lowest BCUT2D eigenvalue weighted by molar-refractivity contribution is 0.0989. The average Bonchev–Trinajstić information content (AvgIpc) is 3.02. The number of hydrogen-bond acceptors (Lipinski definition) is 4. The third-order valence-corrected chi connectivity index (χ3v) is 6.05. The van der Waals surface area contributed by atoms with Gasteiger partial charge in [-0.2, -0.15) is 0 Å². The highest BCUT2D eigenvalue weighted by Gasteiger charge is 2.29. The molecule has 1 amide bonds. The number of carbonyl (C=O) groups excluding carboxylic acids is 1. The van der Waals surface area contributed by atoms with E-state index in [4.69, 9.17) is 4.74 Å². The van der Waals surface area contributed by atoms with Crippen molar-refractivity contribution in [2.45, 2.75) is 37.6 Å². The maximum Gasteiger partial charge on any atom is 0.258 e. The molecule has 2 aromatic carbocycles. The highest BCUT2D eigenvalue weighted by Crippen LogP contribution is 2.31. The number of nitrogens with zero attached hydrogens (tertiary/aromatic N) is 1. The monoisotopic (exact) mass is 388 g/mol. The minimum Gasteiger partial charge on any atom is -0.495 e. The molecule has 1 aliphatic heterocycles. The van der Waals surface area contributed by atoms with Crippen LogP contribution in [0.15, 0.2) is 47.4 Å². The molecule has 0 saturated carbocycles. The summed E-state index contributed by atoms with van der Waals surface area (Å²) in [4.78, 5) is 14.7. The van der Waals surface area contributed by atoms with Gasteiger partial charge >= 0.3 is 0 Å². The largest absolute Gasteiger partial charge is 0.495 e. The summed E-state index contributed by atoms with van der Waals surface area (Å²) in [7, 11) is -2.44. The predicted octanol–water partition coefficient (Wildman–Crippen LogP) is 2.97. The van der Waals surface area contributed by atoms with Gasteiger partial charge in [-0.25, -0.2) is 13.1 Å². The summed E-state index contributed by atoms with van der Waals surface area (Å²) in [5.41, 5.74) is 1.64. The van der Waals surface area contributed by atoms with Gasteiger partial charge in [0.2, 0.25) is 10.0 Å². The van der Waals surface area contributed by atoms with E-state index in [1.54, 1.807) is 31.7 Å². The lowest BCUT2D eigenvalue weighted by Gasteiger charge is -2.22. The summed E-state index contributed by atoms with van der Waals surface area (Å²) in [6.07, 6.45) is 0.787. The molecule has 0 unspecified atom stereocenters. The second-order valence-corrected chi connectivity index (χ2v) is 9.21. The van der Waals surface area contributed by atoms with Crippen molar-refractivity contribution in [3.63, 3.8) is 0 Å². The van der Waals surface area contributed by atoms with Crippen molar-refractivity contribution in [3.8, 4) is 5.75 Å². The van der Waals surface area contributed by atoms with E-state index in [2.05, 4.69) is 4.72 Å². The minimum atomic E-state index is -3.85. The first-order chi connectivity index (χ1) is 12.6. The van der Waals surface area contributed by atoms with Crippen molar-refractivity contribution in [1.82, 2.24) is 4.72 Å². The van der Waals surface area contributed by atoms with E-state index < -0.39 is 15.6 Å². The quantitative estimate of drug-likeness (QED) is 0.874. The van der Waals surface area contributed by atoms with Crippen molar-refractivity contribution in [2.75, 3.05) is 18.6 Å². The van der Waals surface area contributed by atoms with Gasteiger partial charge < -0.3 is 9.64 Å². The molecule has 1 aliphatic rings. The summed E-state index contributed by atoms with van der Waals surface area (Å²) in [5, 5.41) is 0. The molecule has 7 heteroatoms. The Morgan fingerprint density at radius 3 is 2.52 bits per heavy atom. The van der Waals surface area contributed by atoms with Gasteiger partial charge in [0.05, 0.1) is 7.11 Å². The van der Waals surface area contributed by atoms with Crippen LogP contribution >= 0.6 is 0 Å². The van der Waals surface area contributed by atoms with Gasteiger partial charge in [-0.1, -0.05) is 18.2 Å². The Balaban J connectivity index is 2.00. The maximum absolute atomic E-state index is 13.0. The first-order valence-electron chi connectivity index (χ1n) is 8.74. The Hall–Kier alpha value is -2.38. The number of ether oxygens (including phenoxy) is 1. The van der Waals surface area contributed by atoms with Crippen LogP contribution in [0.25, 0.3) is 0 Å². The lowest BCUT2D eigenvalue weighted by Crippen LogP contribution is -2.40. The van der Waals surface area contributed by atoms with E-state index in [0.717, 1.165) is 17.7 Å². The number of methoxy groups -OCH3 is 1. The second-order valence-electron chi connectivity index (χ2n) is 7.56. The predicted molar refractivity (Wildman–Crippen MR) is 105 cm³/mol. The summed E-state index contributed by atoms with van der Waals surface area (Å²) in [6, 6.07) is 12.2. The maximum atomic E-state index is 13.0. The molecule has 3 rings (SSSR count). The Bertz CT molecular complexity index is 978. The summed E-state index contributed by atoms with van der Waals surface area (Å²) >= 11 is 0. The number of sulfonamides is 1. The lowest BCUT2D eigenvalue weighted by atomic mass is 10.1. The fraction of sp³-hybridized carbons (Fsp3) is 0.350. The van der Waals surface area contributed by atoms with E-state index in [1.807, 2.05) is 24.3 Å². The SMILES string of the molecule is COc1ccc(C(=O)N2CCc3ccccc32)cc1S(=O)(=O)NC(C)(C)C. The molecule has 6 nitrogen and oxygen atoms in total. The number of nitrogens with one attached hydrogen (secondary N) is 1. The number of amides is 1. The van der Waals surface area contributed by atoms with E-state index in [1.165, 1.54) is 19.2 Å². The average molecular weight is 388 g/mol. The van der Waals surface area contributed by atoms with E-state index >= 15 is 0 Å². The van der Waals surface area contributed by atoms with Crippen LogP contribution in [0.1, 0.15) is 36.7 Å². The third-order valence-electron chi connectivity index (χ3n) is 4.27. The smallest absolute Gasteiger partial charge is 0.258 e. The van der Waals surface area contributed by atoms with Crippen LogP contribution in [0.2, 0.25) is 0 Å². The molecular formula is C20H24N2O4S. The van der Waals surface area contributed by atoms with Crippen molar-refractivity contribution < 1.29 is 17.9 Å². The van der Waals surface area contributed by atoms with Crippen LogP contribution in [-0.2, 0) is 16.4 Å². The molecule has 0 spiro atoms. The number of para-hydroxylation sites is 1. The molecule has 1 N–H and O–H groups in total. The van der Waals surface area contributed by atoms with Gasteiger partial charge in [0.1, 0.15) is 10.6 Å². The first-order valence-corrected chi connectivity index (χ1v) is 10.2. The highest BCUT2D eigenvalue weighted by atomic mass is 32.2. The second kappa shape index (κ2) is 6.98. The Morgan fingerprint density at radius 2 is 1.85 bits per heavy atom. The van der Waals surface area contributed by atoms with E-state index in [-0.39, 0.29) is 16.6 Å². The number of fused-ring (bicyclic) bond motifs is 1. The third kappa shape index (κ3) is 3.99. The summed E-state index contributed by atoms with van der Waals surface area (Å²) in [5.74, 6) is -0.0278. The zero-order valence-corrected chi connectivity index (χ0v) is 16.8. The molecular weight excluding hydrogens is 364 g/mol. The molecule has 0 fully saturated rings. The molecule has 0 aliphatic carbocycles. The molecule has 144 valence electrons. The Labute approximate surface area is 160 Å². The topological polar surface area (TPSA) is 75.7 Å². The van der Waals surface area contributed by atoms with Gasteiger partial charge in [0.25, 0.3) is 5.91 Å². The van der Waals surface area contributed by atoms with Crippen molar-refractivity contribution in [1.29, 1.82) is 0 Å². The van der Waals surface area contributed by atoms with Crippen LogP contribution in [0.3, 0.4) is 0 Å². The van der Waals surface area contributed by atoms with Crippen molar-refractivity contribution in [2.24, 2.45) is 0 Å². The van der Waals surface area contributed by atoms with Crippen LogP contribution in [0.5, 0.6) is 5.75 Å². The van der Waals surface area contributed by atoms with Gasteiger partial charge in [0, 0.05) is 23.3 Å². The number of carbonyl (C=O) groups is 1. The molecule has 0 aromatic heterocycles. The van der Waals surface area contributed by atoms with Crippen molar-refractivity contribution >= 4 is 21.6 Å². The van der Waals surface area contributed by atoms with E-state index in [9.17, 15) is 13.2 Å².